The normalized spacial score (nSPS) is 12.0. The second-order valence-electron chi connectivity index (χ2n) is 4.87. The Bertz CT molecular complexity index is 746. The lowest BCUT2D eigenvalue weighted by Gasteiger charge is -2.11. The first kappa shape index (κ1) is 17.8. The van der Waals surface area contributed by atoms with Gasteiger partial charge >= 0.3 is 12.6 Å². The highest BCUT2D eigenvalue weighted by Gasteiger charge is 2.19. The first-order valence-electron chi connectivity index (χ1n) is 6.84. The van der Waals surface area contributed by atoms with E-state index in [1.54, 1.807) is 13.8 Å². The number of halogens is 2. The summed E-state index contributed by atoms with van der Waals surface area (Å²) in [4.78, 5) is 27.4. The van der Waals surface area contributed by atoms with Crippen molar-refractivity contribution in [3.05, 3.63) is 45.4 Å². The van der Waals surface area contributed by atoms with Crippen LogP contribution >= 0.6 is 11.3 Å². The standard InChI is InChI=1S/C15H14F2N2O4S/c1-7-11(14(21)22)24-13(19-7)8(2)18-12(20)9-3-5-10(6-4-9)23-15(16)17/h3-6,8,15H,1-2H3,(H,18,20)(H,21,22). The van der Waals surface area contributed by atoms with Crippen molar-refractivity contribution in [2.45, 2.75) is 26.5 Å². The topological polar surface area (TPSA) is 88.5 Å². The number of carbonyl (C=O) groups excluding carboxylic acids is 1. The highest BCUT2D eigenvalue weighted by Crippen LogP contribution is 2.24. The lowest BCUT2D eigenvalue weighted by Crippen LogP contribution is -2.26. The Kier molecular flexibility index (Phi) is 5.45. The van der Waals surface area contributed by atoms with Gasteiger partial charge in [0.1, 0.15) is 15.6 Å². The molecule has 1 heterocycles. The summed E-state index contributed by atoms with van der Waals surface area (Å²) in [7, 11) is 0. The van der Waals surface area contributed by atoms with E-state index in [-0.39, 0.29) is 16.2 Å². The maximum Gasteiger partial charge on any atom is 0.387 e. The number of nitrogens with zero attached hydrogens (tertiary/aromatic N) is 1. The number of alkyl halides is 2. The number of aryl methyl sites for hydroxylation is 1. The lowest BCUT2D eigenvalue weighted by molar-refractivity contribution is -0.0498. The first-order valence-corrected chi connectivity index (χ1v) is 7.66. The summed E-state index contributed by atoms with van der Waals surface area (Å²) < 4.78 is 28.4. The molecule has 9 heteroatoms. The molecule has 24 heavy (non-hydrogen) atoms. The fraction of sp³-hybridized carbons (Fsp3) is 0.267. The van der Waals surface area contributed by atoms with E-state index < -0.39 is 24.5 Å². The molecule has 2 N–H and O–H groups in total. The summed E-state index contributed by atoms with van der Waals surface area (Å²) in [5, 5.41) is 12.2. The van der Waals surface area contributed by atoms with E-state index in [1.807, 2.05) is 0 Å². The van der Waals surface area contributed by atoms with Crippen molar-refractivity contribution in [3.63, 3.8) is 0 Å². The summed E-state index contributed by atoms with van der Waals surface area (Å²) in [6.45, 7) is 0.330. The highest BCUT2D eigenvalue weighted by molar-refractivity contribution is 7.13. The van der Waals surface area contributed by atoms with Crippen LogP contribution in [-0.2, 0) is 0 Å². The van der Waals surface area contributed by atoms with Crippen molar-refractivity contribution in [3.8, 4) is 5.75 Å². The van der Waals surface area contributed by atoms with Gasteiger partial charge in [-0.25, -0.2) is 9.78 Å². The molecule has 0 spiro atoms. The Hall–Kier alpha value is -2.55. The van der Waals surface area contributed by atoms with Crippen molar-refractivity contribution in [1.29, 1.82) is 0 Å². The molecule has 0 radical (unpaired) electrons. The number of ether oxygens (including phenoxy) is 1. The number of nitrogens with one attached hydrogen (secondary N) is 1. The van der Waals surface area contributed by atoms with Crippen LogP contribution in [0.1, 0.15) is 43.7 Å². The number of hydrogen-bond donors (Lipinski definition) is 2. The van der Waals surface area contributed by atoms with Crippen LogP contribution in [0.15, 0.2) is 24.3 Å². The van der Waals surface area contributed by atoms with Crippen LogP contribution in [0.2, 0.25) is 0 Å². The van der Waals surface area contributed by atoms with Gasteiger partial charge in [-0.05, 0) is 38.1 Å². The van der Waals surface area contributed by atoms with Crippen LogP contribution in [0.3, 0.4) is 0 Å². The lowest BCUT2D eigenvalue weighted by atomic mass is 10.2. The van der Waals surface area contributed by atoms with Crippen molar-refractivity contribution in [2.24, 2.45) is 0 Å². The summed E-state index contributed by atoms with van der Waals surface area (Å²) >= 11 is 0.993. The van der Waals surface area contributed by atoms with Gasteiger partial charge in [-0.1, -0.05) is 0 Å². The van der Waals surface area contributed by atoms with Gasteiger partial charge in [0.25, 0.3) is 5.91 Å². The molecule has 1 aromatic heterocycles. The van der Waals surface area contributed by atoms with Gasteiger partial charge in [0.2, 0.25) is 0 Å². The molecule has 1 unspecified atom stereocenters. The summed E-state index contributed by atoms with van der Waals surface area (Å²) in [5.41, 5.74) is 0.646. The Morgan fingerprint density at radius 2 is 1.92 bits per heavy atom. The van der Waals surface area contributed by atoms with Gasteiger partial charge in [-0.3, -0.25) is 4.79 Å². The predicted octanol–water partition coefficient (Wildman–Crippen LogP) is 3.24. The molecular formula is C15H14F2N2O4S. The van der Waals surface area contributed by atoms with Crippen LogP contribution in [0.25, 0.3) is 0 Å². The van der Waals surface area contributed by atoms with Crippen molar-refractivity contribution in [1.82, 2.24) is 10.3 Å². The molecule has 1 atom stereocenters. The number of benzene rings is 1. The number of amides is 1. The molecule has 0 aliphatic carbocycles. The average molecular weight is 356 g/mol. The molecule has 0 saturated carbocycles. The second kappa shape index (κ2) is 7.35. The minimum atomic E-state index is -2.93. The van der Waals surface area contributed by atoms with Crippen LogP contribution in [0.5, 0.6) is 5.75 Å². The maximum atomic E-state index is 12.1. The quantitative estimate of drug-likeness (QED) is 0.829. The van der Waals surface area contributed by atoms with Crippen molar-refractivity contribution >= 4 is 23.2 Å². The van der Waals surface area contributed by atoms with Crippen LogP contribution in [-0.4, -0.2) is 28.6 Å². The number of carboxylic acid groups (broad SMARTS) is 1. The number of rotatable bonds is 6. The van der Waals surface area contributed by atoms with Gasteiger partial charge in [0, 0.05) is 5.56 Å². The van der Waals surface area contributed by atoms with E-state index in [2.05, 4.69) is 15.0 Å². The monoisotopic (exact) mass is 356 g/mol. The molecule has 1 aromatic carbocycles. The SMILES string of the molecule is Cc1nc(C(C)NC(=O)c2ccc(OC(F)F)cc2)sc1C(=O)O. The third kappa shape index (κ3) is 4.25. The molecule has 6 nitrogen and oxygen atoms in total. The van der Waals surface area contributed by atoms with Crippen LogP contribution < -0.4 is 10.1 Å². The molecule has 0 bridgehead atoms. The first-order chi connectivity index (χ1) is 11.3. The molecule has 0 saturated heterocycles. The largest absolute Gasteiger partial charge is 0.477 e. The minimum Gasteiger partial charge on any atom is -0.477 e. The molecule has 0 aliphatic heterocycles. The van der Waals surface area contributed by atoms with Gasteiger partial charge in [0.05, 0.1) is 11.7 Å². The van der Waals surface area contributed by atoms with E-state index >= 15 is 0 Å². The number of carbonyl (C=O) groups is 2. The Balaban J connectivity index is 2.05. The Labute approximate surface area is 140 Å². The Morgan fingerprint density at radius 1 is 1.29 bits per heavy atom. The maximum absolute atomic E-state index is 12.1. The fourth-order valence-electron chi connectivity index (χ4n) is 1.93. The number of aromatic carboxylic acids is 1. The molecular weight excluding hydrogens is 342 g/mol. The zero-order valence-electron chi connectivity index (χ0n) is 12.7. The summed E-state index contributed by atoms with van der Waals surface area (Å²) in [5.74, 6) is -1.54. The molecule has 0 aliphatic rings. The minimum absolute atomic E-state index is 0.0451. The van der Waals surface area contributed by atoms with E-state index in [0.717, 1.165) is 11.3 Å². The molecule has 128 valence electrons. The van der Waals surface area contributed by atoms with E-state index in [0.29, 0.717) is 10.7 Å². The van der Waals surface area contributed by atoms with E-state index in [9.17, 15) is 18.4 Å². The smallest absolute Gasteiger partial charge is 0.387 e. The number of carboxylic acids is 1. The Morgan fingerprint density at radius 3 is 2.42 bits per heavy atom. The number of hydrogen-bond acceptors (Lipinski definition) is 5. The molecule has 1 amide bonds. The third-order valence-electron chi connectivity index (χ3n) is 3.07. The van der Waals surface area contributed by atoms with E-state index in [4.69, 9.17) is 5.11 Å². The molecule has 2 aromatic rings. The second-order valence-corrected chi connectivity index (χ2v) is 5.90. The van der Waals surface area contributed by atoms with E-state index in [1.165, 1.54) is 24.3 Å². The molecule has 0 fully saturated rings. The average Bonchev–Trinajstić information content (AvgIpc) is 2.89. The highest BCUT2D eigenvalue weighted by atomic mass is 32.1. The predicted molar refractivity (Wildman–Crippen MR) is 82.8 cm³/mol. The van der Waals surface area contributed by atoms with Gasteiger partial charge in [-0.15, -0.1) is 11.3 Å². The van der Waals surface area contributed by atoms with Crippen molar-refractivity contribution < 1.29 is 28.2 Å². The third-order valence-corrected chi connectivity index (χ3v) is 4.40. The van der Waals surface area contributed by atoms with Gasteiger partial charge in [0.15, 0.2) is 0 Å². The zero-order valence-corrected chi connectivity index (χ0v) is 13.6. The summed E-state index contributed by atoms with van der Waals surface area (Å²) in [6.07, 6.45) is 0. The van der Waals surface area contributed by atoms with Crippen LogP contribution in [0, 0.1) is 6.92 Å². The fourth-order valence-corrected chi connectivity index (χ4v) is 2.84. The van der Waals surface area contributed by atoms with Gasteiger partial charge in [-0.2, -0.15) is 8.78 Å². The number of thiazole rings is 1. The summed E-state index contributed by atoms with van der Waals surface area (Å²) in [6, 6.07) is 4.75. The molecule has 2 rings (SSSR count). The zero-order chi connectivity index (χ0) is 17.9. The van der Waals surface area contributed by atoms with Crippen LogP contribution in [0.4, 0.5) is 8.78 Å². The van der Waals surface area contributed by atoms with Gasteiger partial charge < -0.3 is 15.2 Å². The van der Waals surface area contributed by atoms with Crippen molar-refractivity contribution in [2.75, 3.05) is 0 Å². The number of aromatic nitrogens is 1.